The maximum absolute atomic E-state index is 12.7. The van der Waals surface area contributed by atoms with E-state index in [4.69, 9.17) is 9.15 Å². The lowest BCUT2D eigenvalue weighted by Crippen LogP contribution is -2.19. The van der Waals surface area contributed by atoms with E-state index in [2.05, 4.69) is 45.2 Å². The standard InChI is InChI=1S/C30H33NO3/c1-20(8-15-27-21(2)7-6-16-30(27,3)4)17-26-18-22-9-10-23(19-28(22)34-26)29(32)31-24-11-13-25(33-5)14-12-24/h8-15,17-19H,6-7,16H2,1-5H3,(H,31,32)/b15-8?,20-17+. The maximum Gasteiger partial charge on any atom is 0.255 e. The zero-order valence-corrected chi connectivity index (χ0v) is 20.7. The number of carbonyl (C=O) groups excluding carboxylic acids is 1. The topological polar surface area (TPSA) is 51.5 Å². The number of rotatable bonds is 6. The molecule has 0 fully saturated rings. The van der Waals surface area contributed by atoms with Crippen LogP contribution in [0.3, 0.4) is 0 Å². The summed E-state index contributed by atoms with van der Waals surface area (Å²) in [6, 6.07) is 14.8. The Labute approximate surface area is 202 Å². The molecule has 3 aromatic rings. The summed E-state index contributed by atoms with van der Waals surface area (Å²) in [4.78, 5) is 12.7. The number of methoxy groups -OCH3 is 1. The number of amides is 1. The smallest absolute Gasteiger partial charge is 0.255 e. The Hall–Kier alpha value is -3.53. The number of carbonyl (C=O) groups is 1. The van der Waals surface area contributed by atoms with Gasteiger partial charge in [-0.15, -0.1) is 0 Å². The number of ether oxygens (including phenoxy) is 1. The van der Waals surface area contributed by atoms with E-state index in [0.717, 1.165) is 22.5 Å². The van der Waals surface area contributed by atoms with Gasteiger partial charge in [0.05, 0.1) is 7.11 Å². The van der Waals surface area contributed by atoms with Gasteiger partial charge < -0.3 is 14.5 Å². The fourth-order valence-corrected chi connectivity index (χ4v) is 4.64. The molecule has 2 aromatic carbocycles. The molecule has 4 nitrogen and oxygen atoms in total. The van der Waals surface area contributed by atoms with E-state index in [-0.39, 0.29) is 11.3 Å². The number of nitrogens with one attached hydrogen (secondary N) is 1. The Balaban J connectivity index is 1.50. The van der Waals surface area contributed by atoms with Crippen LogP contribution in [-0.2, 0) is 0 Å². The highest BCUT2D eigenvalue weighted by Gasteiger charge is 2.26. The average molecular weight is 456 g/mol. The lowest BCUT2D eigenvalue weighted by molar-refractivity contribution is 0.102. The predicted octanol–water partition coefficient (Wildman–Crippen LogP) is 8.18. The summed E-state index contributed by atoms with van der Waals surface area (Å²) in [5.41, 5.74) is 6.24. The molecule has 1 N–H and O–H groups in total. The Morgan fingerprint density at radius 1 is 1.12 bits per heavy atom. The second-order valence-electron chi connectivity index (χ2n) is 9.74. The largest absolute Gasteiger partial charge is 0.497 e. The van der Waals surface area contributed by atoms with Crippen LogP contribution in [0.15, 0.2) is 81.8 Å². The molecule has 0 radical (unpaired) electrons. The van der Waals surface area contributed by atoms with Gasteiger partial charge in [-0.1, -0.05) is 37.6 Å². The molecule has 0 unspecified atom stereocenters. The normalized spacial score (nSPS) is 16.3. The Bertz CT molecular complexity index is 1290. The molecule has 0 saturated heterocycles. The van der Waals surface area contributed by atoms with Gasteiger partial charge in [0.25, 0.3) is 5.91 Å². The highest BCUT2D eigenvalue weighted by atomic mass is 16.5. The van der Waals surface area contributed by atoms with Crippen molar-refractivity contribution < 1.29 is 13.9 Å². The zero-order valence-electron chi connectivity index (χ0n) is 20.7. The van der Waals surface area contributed by atoms with Gasteiger partial charge in [-0.3, -0.25) is 4.79 Å². The van der Waals surface area contributed by atoms with Crippen LogP contribution in [0.4, 0.5) is 5.69 Å². The third-order valence-electron chi connectivity index (χ3n) is 6.57. The van der Waals surface area contributed by atoms with Crippen molar-refractivity contribution >= 4 is 28.6 Å². The van der Waals surface area contributed by atoms with Crippen molar-refractivity contribution in [2.24, 2.45) is 5.41 Å². The first-order valence-corrected chi connectivity index (χ1v) is 11.8. The van der Waals surface area contributed by atoms with Crippen molar-refractivity contribution in [1.29, 1.82) is 0 Å². The van der Waals surface area contributed by atoms with E-state index in [9.17, 15) is 4.79 Å². The average Bonchev–Trinajstić information content (AvgIpc) is 3.20. The van der Waals surface area contributed by atoms with Crippen LogP contribution in [0.5, 0.6) is 5.75 Å². The Kier molecular flexibility index (Phi) is 6.78. The number of anilines is 1. The van der Waals surface area contributed by atoms with Crippen molar-refractivity contribution in [2.45, 2.75) is 47.0 Å². The first kappa shape index (κ1) is 23.6. The number of benzene rings is 2. The van der Waals surface area contributed by atoms with Crippen LogP contribution in [0, 0.1) is 5.41 Å². The molecule has 0 bridgehead atoms. The second-order valence-corrected chi connectivity index (χ2v) is 9.74. The number of hydrogen-bond acceptors (Lipinski definition) is 3. The first-order valence-electron chi connectivity index (χ1n) is 11.8. The molecule has 1 heterocycles. The Morgan fingerprint density at radius 2 is 1.88 bits per heavy atom. The number of furan rings is 1. The first-order chi connectivity index (χ1) is 16.2. The molecular weight excluding hydrogens is 422 g/mol. The maximum atomic E-state index is 12.7. The molecule has 4 heteroatoms. The van der Waals surface area contributed by atoms with Gasteiger partial charge in [-0.25, -0.2) is 0 Å². The van der Waals surface area contributed by atoms with E-state index in [1.807, 2.05) is 48.5 Å². The van der Waals surface area contributed by atoms with E-state index >= 15 is 0 Å². The summed E-state index contributed by atoms with van der Waals surface area (Å²) in [5.74, 6) is 1.34. The summed E-state index contributed by atoms with van der Waals surface area (Å²) in [6.07, 6.45) is 10.2. The molecular formula is C30H33NO3. The molecule has 1 aromatic heterocycles. The minimum atomic E-state index is -0.182. The lowest BCUT2D eigenvalue weighted by Gasteiger charge is -2.32. The van der Waals surface area contributed by atoms with E-state index in [0.29, 0.717) is 16.8 Å². The SMILES string of the molecule is COc1ccc(NC(=O)c2ccc3cc(/C=C(\C)C=CC4=C(C)CCCC4(C)C)oc3c2)cc1. The van der Waals surface area contributed by atoms with Crippen molar-refractivity contribution in [3.8, 4) is 5.75 Å². The van der Waals surface area contributed by atoms with Crippen molar-refractivity contribution in [2.75, 3.05) is 12.4 Å². The molecule has 1 aliphatic rings. The number of fused-ring (bicyclic) bond motifs is 1. The molecule has 1 amide bonds. The third-order valence-corrected chi connectivity index (χ3v) is 6.57. The number of hydrogen-bond donors (Lipinski definition) is 1. The molecule has 4 rings (SSSR count). The van der Waals surface area contributed by atoms with Crippen molar-refractivity contribution in [3.63, 3.8) is 0 Å². The molecule has 0 saturated carbocycles. The summed E-state index contributed by atoms with van der Waals surface area (Å²) in [7, 11) is 1.61. The summed E-state index contributed by atoms with van der Waals surface area (Å²) < 4.78 is 11.2. The van der Waals surface area contributed by atoms with Crippen LogP contribution >= 0.6 is 0 Å². The Morgan fingerprint density at radius 3 is 2.59 bits per heavy atom. The summed E-state index contributed by atoms with van der Waals surface area (Å²) >= 11 is 0. The summed E-state index contributed by atoms with van der Waals surface area (Å²) in [6.45, 7) is 9.00. The minimum Gasteiger partial charge on any atom is -0.497 e. The van der Waals surface area contributed by atoms with Crippen molar-refractivity contribution in [3.05, 3.63) is 88.7 Å². The van der Waals surface area contributed by atoms with Gasteiger partial charge in [-0.2, -0.15) is 0 Å². The van der Waals surface area contributed by atoms with Gasteiger partial charge in [0.15, 0.2) is 0 Å². The highest BCUT2D eigenvalue weighted by Crippen LogP contribution is 2.40. The van der Waals surface area contributed by atoms with E-state index < -0.39 is 0 Å². The quantitative estimate of drug-likeness (QED) is 0.381. The molecule has 34 heavy (non-hydrogen) atoms. The fraction of sp³-hybridized carbons (Fsp3) is 0.300. The lowest BCUT2D eigenvalue weighted by atomic mass is 9.72. The zero-order chi connectivity index (χ0) is 24.3. The predicted molar refractivity (Wildman–Crippen MR) is 140 cm³/mol. The van der Waals surface area contributed by atoms with Crippen LogP contribution < -0.4 is 10.1 Å². The van der Waals surface area contributed by atoms with Gasteiger partial charge in [0.1, 0.15) is 17.1 Å². The minimum absolute atomic E-state index is 0.182. The molecule has 0 aliphatic heterocycles. The molecule has 0 atom stereocenters. The van der Waals surface area contributed by atoms with Gasteiger partial charge >= 0.3 is 0 Å². The van der Waals surface area contributed by atoms with E-state index in [1.165, 1.54) is 30.4 Å². The van der Waals surface area contributed by atoms with Gasteiger partial charge in [0, 0.05) is 16.6 Å². The molecule has 1 aliphatic carbocycles. The van der Waals surface area contributed by atoms with Crippen molar-refractivity contribution in [1.82, 2.24) is 0 Å². The van der Waals surface area contributed by atoms with Crippen LogP contribution in [0.2, 0.25) is 0 Å². The van der Waals surface area contributed by atoms with Crippen LogP contribution in [-0.4, -0.2) is 13.0 Å². The summed E-state index contributed by atoms with van der Waals surface area (Å²) in [5, 5.41) is 3.88. The molecule has 0 spiro atoms. The molecule has 176 valence electrons. The van der Waals surface area contributed by atoms with Gasteiger partial charge in [0.2, 0.25) is 0 Å². The highest BCUT2D eigenvalue weighted by molar-refractivity contribution is 6.06. The fourth-order valence-electron chi connectivity index (χ4n) is 4.64. The van der Waals surface area contributed by atoms with Gasteiger partial charge in [-0.05, 0) is 98.2 Å². The third kappa shape index (κ3) is 5.33. The van der Waals surface area contributed by atoms with Crippen LogP contribution in [0.25, 0.3) is 17.0 Å². The van der Waals surface area contributed by atoms with E-state index in [1.54, 1.807) is 13.2 Å². The monoisotopic (exact) mass is 455 g/mol. The second kappa shape index (κ2) is 9.76. The number of allylic oxidation sites excluding steroid dienone is 5. The van der Waals surface area contributed by atoms with Crippen LogP contribution in [0.1, 0.15) is 63.1 Å².